The Hall–Kier alpha value is -2.29. The van der Waals surface area contributed by atoms with Crippen molar-refractivity contribution in [2.75, 3.05) is 36.5 Å². The number of hydrogen-bond donors (Lipinski definition) is 0. The average molecular weight is 385 g/mol. The number of carbonyl (C=O) groups is 1. The third-order valence-corrected chi connectivity index (χ3v) is 5.38. The Bertz CT molecular complexity index is 776. The second-order valence-corrected chi connectivity index (χ2v) is 7.04. The van der Waals surface area contributed by atoms with E-state index in [4.69, 9.17) is 0 Å². The van der Waals surface area contributed by atoms with Gasteiger partial charge in [-0.3, -0.25) is 0 Å². The molecule has 1 aliphatic rings. The monoisotopic (exact) mass is 385 g/mol. The molecule has 0 amide bonds. The van der Waals surface area contributed by atoms with Crippen LogP contribution in [0, 0.1) is 0 Å². The van der Waals surface area contributed by atoms with E-state index in [0.29, 0.717) is 41.7 Å². The Labute approximate surface area is 153 Å². The molecule has 1 aromatic heterocycles. The lowest BCUT2D eigenvalue weighted by molar-refractivity contribution is -0.134. The van der Waals surface area contributed by atoms with Gasteiger partial charge in [0.05, 0.1) is 18.9 Å². The summed E-state index contributed by atoms with van der Waals surface area (Å²) in [4.78, 5) is 18.8. The van der Waals surface area contributed by atoms with Crippen LogP contribution in [0.3, 0.4) is 0 Å². The number of piperazine rings is 1. The second kappa shape index (κ2) is 7.14. The maximum atomic E-state index is 12.8. The van der Waals surface area contributed by atoms with Gasteiger partial charge in [0.25, 0.3) is 0 Å². The lowest BCUT2D eigenvalue weighted by atomic mass is 10.1. The zero-order chi connectivity index (χ0) is 18.9. The number of esters is 1. The van der Waals surface area contributed by atoms with Gasteiger partial charge >= 0.3 is 12.1 Å². The molecule has 0 spiro atoms. The van der Waals surface area contributed by atoms with Crippen molar-refractivity contribution in [2.24, 2.45) is 0 Å². The van der Waals surface area contributed by atoms with Gasteiger partial charge in [-0.2, -0.15) is 13.2 Å². The number of hydrogen-bond acceptors (Lipinski definition) is 6. The van der Waals surface area contributed by atoms with Crippen molar-refractivity contribution < 1.29 is 22.7 Å². The van der Waals surface area contributed by atoms with Gasteiger partial charge in [-0.05, 0) is 31.2 Å². The molecule has 1 aliphatic heterocycles. The standard InChI is InChI=1S/C17H18F3N3O2S/c1-11-10-22(13-5-3-12(4-6-13)15(24)25-2)7-8-23(11)16-21-9-14(26-16)17(18,19)20/h3-6,9,11H,7-8,10H2,1-2H3. The highest BCUT2D eigenvalue weighted by Crippen LogP contribution is 2.37. The van der Waals surface area contributed by atoms with Crippen molar-refractivity contribution in [3.63, 3.8) is 0 Å². The largest absolute Gasteiger partial charge is 0.465 e. The minimum atomic E-state index is -4.36. The minimum Gasteiger partial charge on any atom is -0.465 e. The summed E-state index contributed by atoms with van der Waals surface area (Å²) in [5.74, 6) is -0.390. The normalized spacial score (nSPS) is 18.1. The molecule has 26 heavy (non-hydrogen) atoms. The summed E-state index contributed by atoms with van der Waals surface area (Å²) in [7, 11) is 1.33. The smallest absolute Gasteiger partial charge is 0.427 e. The summed E-state index contributed by atoms with van der Waals surface area (Å²) in [6.07, 6.45) is -3.47. The highest BCUT2D eigenvalue weighted by molar-refractivity contribution is 7.15. The zero-order valence-corrected chi connectivity index (χ0v) is 15.1. The van der Waals surface area contributed by atoms with Crippen LogP contribution >= 0.6 is 11.3 Å². The predicted octanol–water partition coefficient (Wildman–Crippen LogP) is 3.66. The first kappa shape index (κ1) is 18.5. The molecular formula is C17H18F3N3O2S. The fourth-order valence-electron chi connectivity index (χ4n) is 2.93. The Morgan fingerprint density at radius 3 is 2.50 bits per heavy atom. The van der Waals surface area contributed by atoms with Crippen LogP contribution in [0.4, 0.5) is 24.0 Å². The topological polar surface area (TPSA) is 45.7 Å². The number of thiazole rings is 1. The molecular weight excluding hydrogens is 367 g/mol. The van der Waals surface area contributed by atoms with Crippen molar-refractivity contribution in [2.45, 2.75) is 19.1 Å². The van der Waals surface area contributed by atoms with Gasteiger partial charge in [-0.25, -0.2) is 9.78 Å². The summed E-state index contributed by atoms with van der Waals surface area (Å²) >= 11 is 0.675. The highest BCUT2D eigenvalue weighted by Gasteiger charge is 2.35. The lowest BCUT2D eigenvalue weighted by Gasteiger charge is -2.41. The summed E-state index contributed by atoms with van der Waals surface area (Å²) in [6.45, 7) is 3.84. The third kappa shape index (κ3) is 3.77. The van der Waals surface area contributed by atoms with Crippen LogP contribution in [-0.2, 0) is 10.9 Å². The predicted molar refractivity (Wildman–Crippen MR) is 93.9 cm³/mol. The van der Waals surface area contributed by atoms with Crippen molar-refractivity contribution in [3.05, 3.63) is 40.9 Å². The summed E-state index contributed by atoms with van der Waals surface area (Å²) in [5, 5.41) is 0.394. The molecule has 1 unspecified atom stereocenters. The van der Waals surface area contributed by atoms with Gasteiger partial charge in [0, 0.05) is 31.4 Å². The van der Waals surface area contributed by atoms with Crippen molar-refractivity contribution in [1.29, 1.82) is 0 Å². The SMILES string of the molecule is COC(=O)c1ccc(N2CCN(c3ncc(C(F)(F)F)s3)C(C)C2)cc1. The quantitative estimate of drug-likeness (QED) is 0.755. The Kier molecular flexibility index (Phi) is 5.08. The van der Waals surface area contributed by atoms with E-state index in [-0.39, 0.29) is 12.0 Å². The number of rotatable bonds is 3. The van der Waals surface area contributed by atoms with Crippen molar-refractivity contribution in [1.82, 2.24) is 4.98 Å². The van der Waals surface area contributed by atoms with E-state index in [1.807, 2.05) is 24.0 Å². The van der Waals surface area contributed by atoms with E-state index in [1.54, 1.807) is 12.1 Å². The van der Waals surface area contributed by atoms with E-state index in [2.05, 4.69) is 14.6 Å². The van der Waals surface area contributed by atoms with Gasteiger partial charge in [-0.15, -0.1) is 0 Å². The number of nitrogens with zero attached hydrogens (tertiary/aromatic N) is 3. The maximum Gasteiger partial charge on any atom is 0.427 e. The van der Waals surface area contributed by atoms with E-state index in [0.717, 1.165) is 11.9 Å². The van der Waals surface area contributed by atoms with Crippen LogP contribution < -0.4 is 9.80 Å². The number of methoxy groups -OCH3 is 1. The fraction of sp³-hybridized carbons (Fsp3) is 0.412. The van der Waals surface area contributed by atoms with Crippen LogP contribution in [0.5, 0.6) is 0 Å². The molecule has 0 bridgehead atoms. The number of carbonyl (C=O) groups excluding carboxylic acids is 1. The van der Waals surface area contributed by atoms with E-state index in [1.165, 1.54) is 7.11 Å². The number of aromatic nitrogens is 1. The van der Waals surface area contributed by atoms with Gasteiger partial charge in [0.2, 0.25) is 0 Å². The molecule has 0 aliphatic carbocycles. The Morgan fingerprint density at radius 1 is 1.27 bits per heavy atom. The zero-order valence-electron chi connectivity index (χ0n) is 14.3. The average Bonchev–Trinajstić information content (AvgIpc) is 3.11. The van der Waals surface area contributed by atoms with Crippen molar-refractivity contribution in [3.8, 4) is 0 Å². The number of alkyl halides is 3. The molecule has 1 atom stereocenters. The molecule has 0 N–H and O–H groups in total. The number of halogens is 3. The third-order valence-electron chi connectivity index (χ3n) is 4.30. The van der Waals surface area contributed by atoms with Gasteiger partial charge in [0.15, 0.2) is 5.13 Å². The van der Waals surface area contributed by atoms with Gasteiger partial charge in [-0.1, -0.05) is 11.3 Å². The second-order valence-electron chi connectivity index (χ2n) is 6.03. The molecule has 140 valence electrons. The van der Waals surface area contributed by atoms with Gasteiger partial charge in [0.1, 0.15) is 4.88 Å². The van der Waals surface area contributed by atoms with E-state index >= 15 is 0 Å². The molecule has 1 fully saturated rings. The first-order valence-corrected chi connectivity index (χ1v) is 8.84. The van der Waals surface area contributed by atoms with Gasteiger partial charge < -0.3 is 14.5 Å². The molecule has 2 aromatic rings. The molecule has 1 saturated heterocycles. The maximum absolute atomic E-state index is 12.8. The first-order valence-electron chi connectivity index (χ1n) is 8.02. The molecule has 1 aromatic carbocycles. The molecule has 2 heterocycles. The van der Waals surface area contributed by atoms with Crippen LogP contribution in [0.25, 0.3) is 0 Å². The van der Waals surface area contributed by atoms with Crippen molar-refractivity contribution >= 4 is 28.1 Å². The Morgan fingerprint density at radius 2 is 1.96 bits per heavy atom. The van der Waals surface area contributed by atoms with E-state index < -0.39 is 11.1 Å². The highest BCUT2D eigenvalue weighted by atomic mass is 32.1. The lowest BCUT2D eigenvalue weighted by Crippen LogP contribution is -2.52. The minimum absolute atomic E-state index is 0.0104. The molecule has 0 radical (unpaired) electrons. The number of anilines is 2. The first-order chi connectivity index (χ1) is 12.3. The van der Waals surface area contributed by atoms with Crippen LogP contribution in [0.1, 0.15) is 22.2 Å². The number of benzene rings is 1. The molecule has 0 saturated carbocycles. The van der Waals surface area contributed by atoms with Crippen LogP contribution in [0.2, 0.25) is 0 Å². The van der Waals surface area contributed by atoms with Crippen LogP contribution in [0.15, 0.2) is 30.5 Å². The number of ether oxygens (including phenoxy) is 1. The summed E-state index contributed by atoms with van der Waals surface area (Å²) in [5.41, 5.74) is 1.43. The summed E-state index contributed by atoms with van der Waals surface area (Å²) < 4.78 is 43.0. The molecule has 9 heteroatoms. The fourth-order valence-corrected chi connectivity index (χ4v) is 3.84. The summed E-state index contributed by atoms with van der Waals surface area (Å²) in [6, 6.07) is 7.11. The Balaban J connectivity index is 1.68. The van der Waals surface area contributed by atoms with Crippen LogP contribution in [-0.4, -0.2) is 43.7 Å². The van der Waals surface area contributed by atoms with E-state index in [9.17, 15) is 18.0 Å². The molecule has 5 nitrogen and oxygen atoms in total. The molecule has 3 rings (SSSR count).